The van der Waals surface area contributed by atoms with Gasteiger partial charge in [-0.2, -0.15) is 0 Å². The van der Waals surface area contributed by atoms with Gasteiger partial charge in [-0.25, -0.2) is 0 Å². The highest BCUT2D eigenvalue weighted by molar-refractivity contribution is 5.76. The molecule has 1 amide bonds. The predicted octanol–water partition coefficient (Wildman–Crippen LogP) is 17.9. The van der Waals surface area contributed by atoms with Gasteiger partial charge in [0.25, 0.3) is 0 Å². The standard InChI is InChI=1S/C59H113NO5/c1-3-5-7-9-11-13-15-17-19-20-21-22-23-24-25-26-28-29-31-35-39-43-47-51-57(62)56(55-61)60-58(63)52-48-44-40-36-33-34-38-42-46-50-54-65-59(64)53-49-45-41-37-32-30-27-18-16-14-12-10-8-6-4-2/h18,27,47,51,56-57,61-62H,3-17,19-26,28-46,48-50,52-55H2,1-2H3,(H,60,63)/b27-18-,51-47+. The van der Waals surface area contributed by atoms with Gasteiger partial charge in [-0.3, -0.25) is 9.59 Å². The lowest BCUT2D eigenvalue weighted by Gasteiger charge is -2.20. The maximum atomic E-state index is 12.5. The second-order valence-electron chi connectivity index (χ2n) is 20.0. The van der Waals surface area contributed by atoms with Crippen LogP contribution in [-0.2, 0) is 14.3 Å². The molecule has 6 nitrogen and oxygen atoms in total. The van der Waals surface area contributed by atoms with Gasteiger partial charge >= 0.3 is 5.97 Å². The fourth-order valence-electron chi connectivity index (χ4n) is 8.98. The Morgan fingerprint density at radius 2 is 0.723 bits per heavy atom. The van der Waals surface area contributed by atoms with Crippen molar-refractivity contribution in [1.29, 1.82) is 0 Å². The number of allylic oxidation sites excluding steroid dienone is 3. The molecule has 0 saturated carbocycles. The third-order valence-corrected chi connectivity index (χ3v) is 13.5. The average molecular weight is 917 g/mol. The normalized spacial score (nSPS) is 12.7. The first-order valence-corrected chi connectivity index (χ1v) is 29.1. The van der Waals surface area contributed by atoms with Crippen LogP contribution in [0.3, 0.4) is 0 Å². The first-order chi connectivity index (χ1) is 32.0. The lowest BCUT2D eigenvalue weighted by molar-refractivity contribution is -0.143. The zero-order valence-corrected chi connectivity index (χ0v) is 43.7. The van der Waals surface area contributed by atoms with Gasteiger partial charge in [0, 0.05) is 12.8 Å². The number of unbranched alkanes of at least 4 members (excludes halogenated alkanes) is 41. The number of rotatable bonds is 54. The molecule has 0 aliphatic carbocycles. The molecular formula is C59H113NO5. The van der Waals surface area contributed by atoms with E-state index in [4.69, 9.17) is 4.74 Å². The number of aliphatic hydroxyl groups excluding tert-OH is 2. The Balaban J connectivity index is 3.50. The molecule has 0 aromatic rings. The van der Waals surface area contributed by atoms with Gasteiger partial charge in [0.1, 0.15) is 0 Å². The first-order valence-electron chi connectivity index (χ1n) is 29.1. The molecule has 0 radical (unpaired) electrons. The molecule has 6 heteroatoms. The number of hydrogen-bond acceptors (Lipinski definition) is 5. The van der Waals surface area contributed by atoms with E-state index in [0.29, 0.717) is 19.4 Å². The van der Waals surface area contributed by atoms with Crippen LogP contribution < -0.4 is 5.32 Å². The summed E-state index contributed by atoms with van der Waals surface area (Å²) in [6.45, 7) is 4.86. The molecule has 0 rings (SSSR count). The molecule has 0 aliphatic heterocycles. The van der Waals surface area contributed by atoms with Gasteiger partial charge in [0.15, 0.2) is 0 Å². The summed E-state index contributed by atoms with van der Waals surface area (Å²) in [5.41, 5.74) is 0. The highest BCUT2D eigenvalue weighted by atomic mass is 16.5. The van der Waals surface area contributed by atoms with E-state index in [0.717, 1.165) is 57.8 Å². The minimum absolute atomic E-state index is 0.0280. The molecule has 65 heavy (non-hydrogen) atoms. The third kappa shape index (κ3) is 51.6. The topological polar surface area (TPSA) is 95.9 Å². The number of esters is 1. The highest BCUT2D eigenvalue weighted by Gasteiger charge is 2.18. The zero-order chi connectivity index (χ0) is 47.2. The molecule has 0 aromatic carbocycles. The zero-order valence-electron chi connectivity index (χ0n) is 43.7. The van der Waals surface area contributed by atoms with Crippen LogP contribution in [-0.4, -0.2) is 47.4 Å². The van der Waals surface area contributed by atoms with E-state index in [1.807, 2.05) is 6.08 Å². The smallest absolute Gasteiger partial charge is 0.305 e. The van der Waals surface area contributed by atoms with E-state index >= 15 is 0 Å². The summed E-state index contributed by atoms with van der Waals surface area (Å²) < 4.78 is 5.46. The Hall–Kier alpha value is -1.66. The van der Waals surface area contributed by atoms with E-state index in [9.17, 15) is 19.8 Å². The van der Waals surface area contributed by atoms with Crippen LogP contribution >= 0.6 is 0 Å². The summed E-state index contributed by atoms with van der Waals surface area (Å²) in [4.78, 5) is 24.5. The first kappa shape index (κ1) is 63.3. The maximum Gasteiger partial charge on any atom is 0.305 e. The molecular weight excluding hydrogens is 803 g/mol. The van der Waals surface area contributed by atoms with Crippen LogP contribution in [0.1, 0.15) is 316 Å². The number of carbonyl (C=O) groups excluding carboxylic acids is 2. The van der Waals surface area contributed by atoms with Crippen molar-refractivity contribution in [2.24, 2.45) is 0 Å². The highest BCUT2D eigenvalue weighted by Crippen LogP contribution is 2.17. The molecule has 0 heterocycles. The molecule has 2 atom stereocenters. The van der Waals surface area contributed by atoms with Gasteiger partial charge < -0.3 is 20.3 Å². The Labute approximate surface area is 405 Å². The van der Waals surface area contributed by atoms with Gasteiger partial charge in [-0.05, 0) is 57.8 Å². The quantitative estimate of drug-likeness (QED) is 0.0321. The van der Waals surface area contributed by atoms with E-state index in [1.165, 1.54) is 231 Å². The monoisotopic (exact) mass is 916 g/mol. The van der Waals surface area contributed by atoms with Gasteiger partial charge in [-0.15, -0.1) is 0 Å². The van der Waals surface area contributed by atoms with Crippen LogP contribution in [0.2, 0.25) is 0 Å². The second-order valence-corrected chi connectivity index (χ2v) is 20.0. The van der Waals surface area contributed by atoms with Crippen molar-refractivity contribution in [3.05, 3.63) is 24.3 Å². The number of aliphatic hydroxyl groups is 2. The second kappa shape index (κ2) is 54.9. The third-order valence-electron chi connectivity index (χ3n) is 13.5. The number of ether oxygens (including phenoxy) is 1. The minimum Gasteiger partial charge on any atom is -0.466 e. The number of carbonyl (C=O) groups is 2. The molecule has 3 N–H and O–H groups in total. The van der Waals surface area contributed by atoms with Crippen molar-refractivity contribution in [2.45, 2.75) is 328 Å². The van der Waals surface area contributed by atoms with Crippen molar-refractivity contribution >= 4 is 11.9 Å². The SMILES string of the molecule is CCCCCCCC/C=C\CCCCCCCC(=O)OCCCCCCCCCCCCC(=O)NC(CO)C(O)/C=C/CCCCCCCCCCCCCCCCCCCCCCC. The van der Waals surface area contributed by atoms with Gasteiger partial charge in [-0.1, -0.05) is 269 Å². The lowest BCUT2D eigenvalue weighted by atomic mass is 10.0. The van der Waals surface area contributed by atoms with Crippen LogP contribution in [0.25, 0.3) is 0 Å². The lowest BCUT2D eigenvalue weighted by Crippen LogP contribution is -2.45. The molecule has 0 spiro atoms. The van der Waals surface area contributed by atoms with Crippen LogP contribution in [0.15, 0.2) is 24.3 Å². The molecule has 0 fully saturated rings. The summed E-state index contributed by atoms with van der Waals surface area (Å²) in [7, 11) is 0. The van der Waals surface area contributed by atoms with Gasteiger partial charge in [0.05, 0.1) is 25.4 Å². The average Bonchev–Trinajstić information content (AvgIpc) is 3.31. The Morgan fingerprint density at radius 3 is 1.09 bits per heavy atom. The maximum absolute atomic E-state index is 12.5. The van der Waals surface area contributed by atoms with Crippen LogP contribution in [0.5, 0.6) is 0 Å². The minimum atomic E-state index is -0.860. The summed E-state index contributed by atoms with van der Waals surface area (Å²) in [6.07, 6.45) is 66.2. The van der Waals surface area contributed by atoms with Crippen molar-refractivity contribution in [3.63, 3.8) is 0 Å². The molecule has 384 valence electrons. The van der Waals surface area contributed by atoms with E-state index in [-0.39, 0.29) is 18.5 Å². The summed E-state index contributed by atoms with van der Waals surface area (Å²) in [5.74, 6) is -0.116. The van der Waals surface area contributed by atoms with Crippen molar-refractivity contribution < 1.29 is 24.5 Å². The summed E-state index contributed by atoms with van der Waals surface area (Å²) in [5, 5.41) is 23.2. The number of amides is 1. The largest absolute Gasteiger partial charge is 0.466 e. The van der Waals surface area contributed by atoms with Crippen LogP contribution in [0, 0.1) is 0 Å². The fourth-order valence-corrected chi connectivity index (χ4v) is 8.98. The fraction of sp³-hybridized carbons (Fsp3) is 0.898. The van der Waals surface area contributed by atoms with Crippen molar-refractivity contribution in [3.8, 4) is 0 Å². The predicted molar refractivity (Wildman–Crippen MR) is 283 cm³/mol. The van der Waals surface area contributed by atoms with Crippen molar-refractivity contribution in [1.82, 2.24) is 5.32 Å². The van der Waals surface area contributed by atoms with E-state index < -0.39 is 12.1 Å². The Morgan fingerprint density at radius 1 is 0.415 bits per heavy atom. The molecule has 0 saturated heterocycles. The molecule has 0 aliphatic rings. The number of nitrogens with one attached hydrogen (secondary N) is 1. The molecule has 0 aromatic heterocycles. The molecule has 0 bridgehead atoms. The molecule has 2 unspecified atom stereocenters. The van der Waals surface area contributed by atoms with Gasteiger partial charge in [0.2, 0.25) is 5.91 Å². The summed E-state index contributed by atoms with van der Waals surface area (Å²) >= 11 is 0. The van der Waals surface area contributed by atoms with Crippen molar-refractivity contribution in [2.75, 3.05) is 13.2 Å². The van der Waals surface area contributed by atoms with Crippen LogP contribution in [0.4, 0.5) is 0 Å². The Bertz CT molecular complexity index is 1010. The van der Waals surface area contributed by atoms with E-state index in [1.54, 1.807) is 6.08 Å². The Kier molecular flexibility index (Phi) is 53.5. The number of hydrogen-bond donors (Lipinski definition) is 3. The summed E-state index contributed by atoms with van der Waals surface area (Å²) in [6, 6.07) is -0.646. The van der Waals surface area contributed by atoms with E-state index in [2.05, 4.69) is 31.3 Å².